The SMILES string of the molecule is O=C(O)c1ccc(F)c(S(=O)(=O)NCCc2ncn[nH]2)c1. The largest absolute Gasteiger partial charge is 0.478 e. The highest BCUT2D eigenvalue weighted by Crippen LogP contribution is 2.16. The van der Waals surface area contributed by atoms with Gasteiger partial charge in [-0.25, -0.2) is 27.3 Å². The lowest BCUT2D eigenvalue weighted by Gasteiger charge is -2.07. The number of carboxylic acid groups (broad SMARTS) is 1. The topological polar surface area (TPSA) is 125 Å². The molecule has 1 aromatic heterocycles. The van der Waals surface area contributed by atoms with E-state index in [-0.39, 0.29) is 18.5 Å². The van der Waals surface area contributed by atoms with E-state index in [0.717, 1.165) is 18.2 Å². The second kappa shape index (κ2) is 5.97. The van der Waals surface area contributed by atoms with Crippen LogP contribution >= 0.6 is 0 Å². The number of sulfonamides is 1. The highest BCUT2D eigenvalue weighted by molar-refractivity contribution is 7.89. The summed E-state index contributed by atoms with van der Waals surface area (Å²) in [5.74, 6) is -1.89. The van der Waals surface area contributed by atoms with Crippen molar-refractivity contribution < 1.29 is 22.7 Å². The number of nitrogens with one attached hydrogen (secondary N) is 2. The van der Waals surface area contributed by atoms with Gasteiger partial charge in [-0.3, -0.25) is 5.10 Å². The number of aromatic carboxylic acids is 1. The molecular formula is C11H11FN4O4S. The molecule has 1 aromatic carbocycles. The van der Waals surface area contributed by atoms with Crippen LogP contribution in [-0.2, 0) is 16.4 Å². The fourth-order valence-electron chi connectivity index (χ4n) is 1.58. The van der Waals surface area contributed by atoms with Crippen LogP contribution in [0, 0.1) is 5.82 Å². The number of nitrogens with zero attached hydrogens (tertiary/aromatic N) is 2. The fraction of sp³-hybridized carbons (Fsp3) is 0.182. The van der Waals surface area contributed by atoms with E-state index < -0.39 is 26.7 Å². The molecular weight excluding hydrogens is 303 g/mol. The number of aromatic nitrogens is 3. The third kappa shape index (κ3) is 3.61. The summed E-state index contributed by atoms with van der Waals surface area (Å²) in [4.78, 5) is 13.9. The van der Waals surface area contributed by atoms with E-state index in [9.17, 15) is 17.6 Å². The molecule has 10 heteroatoms. The summed E-state index contributed by atoms with van der Waals surface area (Å²) in [6.07, 6.45) is 1.51. The summed E-state index contributed by atoms with van der Waals surface area (Å²) in [7, 11) is -4.15. The van der Waals surface area contributed by atoms with Gasteiger partial charge < -0.3 is 5.11 Å². The van der Waals surface area contributed by atoms with Gasteiger partial charge in [0.2, 0.25) is 10.0 Å². The van der Waals surface area contributed by atoms with E-state index in [0.29, 0.717) is 5.82 Å². The summed E-state index contributed by atoms with van der Waals surface area (Å²) in [6, 6.07) is 2.56. The summed E-state index contributed by atoms with van der Waals surface area (Å²) < 4.78 is 39.7. The first-order valence-corrected chi connectivity index (χ1v) is 7.25. The van der Waals surface area contributed by atoms with Gasteiger partial charge in [-0.2, -0.15) is 5.10 Å². The first-order chi connectivity index (χ1) is 9.90. The van der Waals surface area contributed by atoms with Crippen LogP contribution in [0.4, 0.5) is 4.39 Å². The molecule has 0 saturated carbocycles. The molecule has 2 aromatic rings. The lowest BCUT2D eigenvalue weighted by Crippen LogP contribution is -2.27. The predicted molar refractivity (Wildman–Crippen MR) is 68.6 cm³/mol. The Bertz CT molecular complexity index is 746. The summed E-state index contributed by atoms with van der Waals surface area (Å²) in [6.45, 7) is -0.0335. The number of carbonyl (C=O) groups is 1. The quantitative estimate of drug-likeness (QED) is 0.697. The van der Waals surface area contributed by atoms with Crippen LogP contribution in [0.5, 0.6) is 0 Å². The predicted octanol–water partition coefficient (Wildman–Crippen LogP) is 0.163. The molecule has 0 saturated heterocycles. The molecule has 8 nitrogen and oxygen atoms in total. The number of carboxylic acids is 1. The highest BCUT2D eigenvalue weighted by atomic mass is 32.2. The van der Waals surface area contributed by atoms with Crippen molar-refractivity contribution in [2.24, 2.45) is 0 Å². The van der Waals surface area contributed by atoms with Gasteiger partial charge in [0.25, 0.3) is 0 Å². The average molecular weight is 314 g/mol. The van der Waals surface area contributed by atoms with E-state index in [1.165, 1.54) is 6.33 Å². The molecule has 0 spiro atoms. The van der Waals surface area contributed by atoms with Crippen LogP contribution in [0.3, 0.4) is 0 Å². The molecule has 0 fully saturated rings. The van der Waals surface area contributed by atoms with E-state index in [1.807, 2.05) is 0 Å². The van der Waals surface area contributed by atoms with Gasteiger partial charge in [-0.05, 0) is 18.2 Å². The Morgan fingerprint density at radius 1 is 1.43 bits per heavy atom. The molecule has 0 radical (unpaired) electrons. The third-order valence-electron chi connectivity index (χ3n) is 2.59. The van der Waals surface area contributed by atoms with E-state index in [4.69, 9.17) is 5.11 Å². The van der Waals surface area contributed by atoms with Gasteiger partial charge in [0.1, 0.15) is 22.9 Å². The fourth-order valence-corrected chi connectivity index (χ4v) is 2.71. The first-order valence-electron chi connectivity index (χ1n) is 5.77. The Kier molecular flexibility index (Phi) is 4.29. The van der Waals surface area contributed by atoms with Crippen LogP contribution in [0.25, 0.3) is 0 Å². The number of H-pyrrole nitrogens is 1. The molecule has 1 heterocycles. The first kappa shape index (κ1) is 15.1. The molecule has 0 aliphatic heterocycles. The zero-order chi connectivity index (χ0) is 15.5. The maximum atomic E-state index is 13.6. The number of hydrogen-bond acceptors (Lipinski definition) is 5. The number of halogens is 1. The molecule has 0 atom stereocenters. The molecule has 21 heavy (non-hydrogen) atoms. The van der Waals surface area contributed by atoms with Crippen LogP contribution in [0.2, 0.25) is 0 Å². The Hall–Kier alpha value is -2.33. The van der Waals surface area contributed by atoms with E-state index >= 15 is 0 Å². The van der Waals surface area contributed by atoms with Crippen LogP contribution in [-0.4, -0.2) is 41.2 Å². The zero-order valence-corrected chi connectivity index (χ0v) is 11.4. The number of aromatic amines is 1. The minimum Gasteiger partial charge on any atom is -0.478 e. The maximum absolute atomic E-state index is 13.6. The second-order valence-corrected chi connectivity index (χ2v) is 5.77. The van der Waals surface area contributed by atoms with Crippen LogP contribution in [0.1, 0.15) is 16.2 Å². The number of hydrogen-bond donors (Lipinski definition) is 3. The van der Waals surface area contributed by atoms with Crippen molar-refractivity contribution in [2.75, 3.05) is 6.54 Å². The lowest BCUT2D eigenvalue weighted by molar-refractivity contribution is 0.0696. The Balaban J connectivity index is 2.15. The van der Waals surface area contributed by atoms with Gasteiger partial charge in [-0.15, -0.1) is 0 Å². The van der Waals surface area contributed by atoms with Crippen molar-refractivity contribution in [1.82, 2.24) is 19.9 Å². The number of benzene rings is 1. The summed E-state index contributed by atoms with van der Waals surface area (Å²) >= 11 is 0. The normalized spacial score (nSPS) is 11.5. The van der Waals surface area contributed by atoms with E-state index in [2.05, 4.69) is 19.9 Å². The van der Waals surface area contributed by atoms with Gasteiger partial charge in [0.15, 0.2) is 0 Å². The van der Waals surface area contributed by atoms with Gasteiger partial charge >= 0.3 is 5.97 Å². The molecule has 3 N–H and O–H groups in total. The minimum atomic E-state index is -4.15. The average Bonchev–Trinajstić information content (AvgIpc) is 2.91. The Morgan fingerprint density at radius 2 is 2.19 bits per heavy atom. The van der Waals surface area contributed by atoms with Crippen molar-refractivity contribution in [2.45, 2.75) is 11.3 Å². The van der Waals surface area contributed by atoms with Gasteiger partial charge in [-0.1, -0.05) is 0 Å². The van der Waals surface area contributed by atoms with E-state index in [1.54, 1.807) is 0 Å². The van der Waals surface area contributed by atoms with Crippen LogP contribution < -0.4 is 4.72 Å². The number of rotatable bonds is 6. The smallest absolute Gasteiger partial charge is 0.335 e. The molecule has 0 aliphatic carbocycles. The molecule has 0 aliphatic rings. The van der Waals surface area contributed by atoms with Crippen LogP contribution in [0.15, 0.2) is 29.4 Å². The van der Waals surface area contributed by atoms with Crippen molar-refractivity contribution >= 4 is 16.0 Å². The highest BCUT2D eigenvalue weighted by Gasteiger charge is 2.20. The monoisotopic (exact) mass is 314 g/mol. The molecule has 0 bridgehead atoms. The molecule has 2 rings (SSSR count). The second-order valence-electron chi connectivity index (χ2n) is 4.03. The van der Waals surface area contributed by atoms with Gasteiger partial charge in [0.05, 0.1) is 5.56 Å². The maximum Gasteiger partial charge on any atom is 0.335 e. The standard InChI is InChI=1S/C11H11FN4O4S/c12-8-2-1-7(11(17)18)5-9(8)21(19,20)15-4-3-10-13-6-14-16-10/h1-2,5-6,15H,3-4H2,(H,17,18)(H,13,14,16). The molecule has 0 unspecified atom stereocenters. The molecule has 112 valence electrons. The van der Waals surface area contributed by atoms with Crippen molar-refractivity contribution in [3.05, 3.63) is 41.7 Å². The lowest BCUT2D eigenvalue weighted by atomic mass is 10.2. The van der Waals surface area contributed by atoms with Crippen molar-refractivity contribution in [3.63, 3.8) is 0 Å². The summed E-state index contributed by atoms with van der Waals surface area (Å²) in [5.41, 5.74) is -0.313. The Labute approximate surface area is 119 Å². The van der Waals surface area contributed by atoms with Crippen molar-refractivity contribution in [3.8, 4) is 0 Å². The Morgan fingerprint density at radius 3 is 2.81 bits per heavy atom. The van der Waals surface area contributed by atoms with Crippen molar-refractivity contribution in [1.29, 1.82) is 0 Å². The van der Waals surface area contributed by atoms with Gasteiger partial charge in [0, 0.05) is 13.0 Å². The molecule has 0 amide bonds. The minimum absolute atomic E-state index is 0.0335. The zero-order valence-electron chi connectivity index (χ0n) is 10.6. The summed E-state index contributed by atoms with van der Waals surface area (Å²) in [5, 5.41) is 15.0. The third-order valence-corrected chi connectivity index (χ3v) is 4.06.